The van der Waals surface area contributed by atoms with Crippen molar-refractivity contribution in [2.45, 2.75) is 19.8 Å². The fraction of sp³-hybridized carbons (Fsp3) is 0.500. The van der Waals surface area contributed by atoms with E-state index in [0.29, 0.717) is 0 Å². The summed E-state index contributed by atoms with van der Waals surface area (Å²) in [7, 11) is 0. The standard InChI is InChI=1S/C12H16N2O/c1-9-4-6-14-8-11(9)12(15)10-3-2-5-13-7-10/h4,6,8,10,13H,2-3,5,7H2,1H3. The van der Waals surface area contributed by atoms with Gasteiger partial charge in [-0.25, -0.2) is 0 Å². The Morgan fingerprint density at radius 3 is 3.13 bits per heavy atom. The predicted octanol–water partition coefficient (Wildman–Crippen LogP) is 1.57. The van der Waals surface area contributed by atoms with Gasteiger partial charge in [0.25, 0.3) is 0 Å². The zero-order chi connectivity index (χ0) is 10.7. The molecule has 0 bridgehead atoms. The van der Waals surface area contributed by atoms with E-state index in [1.165, 1.54) is 0 Å². The average Bonchev–Trinajstić information content (AvgIpc) is 2.30. The molecular formula is C12H16N2O. The Bertz CT molecular complexity index is 356. The van der Waals surface area contributed by atoms with Crippen LogP contribution in [-0.2, 0) is 0 Å². The molecule has 0 radical (unpaired) electrons. The lowest BCUT2D eigenvalue weighted by Gasteiger charge is -2.21. The molecule has 1 N–H and O–H groups in total. The van der Waals surface area contributed by atoms with Gasteiger partial charge in [-0.15, -0.1) is 0 Å². The number of piperidine rings is 1. The minimum absolute atomic E-state index is 0.140. The van der Waals surface area contributed by atoms with Gasteiger partial charge in [0, 0.05) is 30.4 Å². The van der Waals surface area contributed by atoms with Crippen molar-refractivity contribution in [2.24, 2.45) is 5.92 Å². The second-order valence-corrected chi connectivity index (χ2v) is 4.10. The van der Waals surface area contributed by atoms with E-state index in [0.717, 1.165) is 37.1 Å². The molecule has 1 aromatic rings. The van der Waals surface area contributed by atoms with Gasteiger partial charge in [0.1, 0.15) is 0 Å². The van der Waals surface area contributed by atoms with Crippen molar-refractivity contribution in [1.29, 1.82) is 0 Å². The van der Waals surface area contributed by atoms with E-state index in [9.17, 15) is 4.79 Å². The number of rotatable bonds is 2. The Morgan fingerprint density at radius 1 is 1.60 bits per heavy atom. The Kier molecular flexibility index (Phi) is 3.11. The van der Waals surface area contributed by atoms with Gasteiger partial charge in [-0.3, -0.25) is 9.78 Å². The molecule has 1 aliphatic heterocycles. The fourth-order valence-electron chi connectivity index (χ4n) is 2.02. The highest BCUT2D eigenvalue weighted by Gasteiger charge is 2.23. The number of carbonyl (C=O) groups excluding carboxylic acids is 1. The molecule has 15 heavy (non-hydrogen) atoms. The predicted molar refractivity (Wildman–Crippen MR) is 58.9 cm³/mol. The second kappa shape index (κ2) is 4.53. The van der Waals surface area contributed by atoms with Crippen LogP contribution in [0.2, 0.25) is 0 Å². The number of nitrogens with one attached hydrogen (secondary N) is 1. The first-order chi connectivity index (χ1) is 7.29. The fourth-order valence-corrected chi connectivity index (χ4v) is 2.02. The lowest BCUT2D eigenvalue weighted by atomic mass is 9.90. The Balaban J connectivity index is 2.16. The number of aromatic nitrogens is 1. The number of hydrogen-bond acceptors (Lipinski definition) is 3. The van der Waals surface area contributed by atoms with Gasteiger partial charge in [-0.1, -0.05) is 0 Å². The van der Waals surface area contributed by atoms with E-state index in [-0.39, 0.29) is 11.7 Å². The minimum Gasteiger partial charge on any atom is -0.316 e. The third-order valence-electron chi connectivity index (χ3n) is 2.97. The molecule has 1 fully saturated rings. The Morgan fingerprint density at radius 2 is 2.47 bits per heavy atom. The van der Waals surface area contributed by atoms with Crippen LogP contribution in [0.25, 0.3) is 0 Å². The van der Waals surface area contributed by atoms with Crippen molar-refractivity contribution >= 4 is 5.78 Å². The molecule has 80 valence electrons. The van der Waals surface area contributed by atoms with Crippen molar-refractivity contribution in [3.05, 3.63) is 29.6 Å². The van der Waals surface area contributed by atoms with Crippen LogP contribution in [0.5, 0.6) is 0 Å². The van der Waals surface area contributed by atoms with Crippen LogP contribution >= 0.6 is 0 Å². The summed E-state index contributed by atoms with van der Waals surface area (Å²) in [5, 5.41) is 3.26. The first-order valence-corrected chi connectivity index (χ1v) is 5.44. The zero-order valence-corrected chi connectivity index (χ0v) is 8.99. The van der Waals surface area contributed by atoms with E-state index >= 15 is 0 Å². The lowest BCUT2D eigenvalue weighted by molar-refractivity contribution is 0.0898. The summed E-state index contributed by atoms with van der Waals surface area (Å²) in [5.41, 5.74) is 1.81. The van der Waals surface area contributed by atoms with Gasteiger partial charge in [-0.05, 0) is 37.9 Å². The summed E-state index contributed by atoms with van der Waals surface area (Å²) < 4.78 is 0. The molecule has 0 saturated carbocycles. The molecule has 2 heterocycles. The number of hydrogen-bond donors (Lipinski definition) is 1. The van der Waals surface area contributed by atoms with Gasteiger partial charge in [-0.2, -0.15) is 0 Å². The highest BCUT2D eigenvalue weighted by molar-refractivity contribution is 5.99. The molecule has 3 nitrogen and oxygen atoms in total. The molecule has 1 aliphatic rings. The summed E-state index contributed by atoms with van der Waals surface area (Å²) in [6.07, 6.45) is 5.51. The number of aryl methyl sites for hydroxylation is 1. The third kappa shape index (κ3) is 2.23. The van der Waals surface area contributed by atoms with Crippen molar-refractivity contribution in [2.75, 3.05) is 13.1 Å². The van der Waals surface area contributed by atoms with Crippen molar-refractivity contribution in [3.8, 4) is 0 Å². The smallest absolute Gasteiger partial charge is 0.169 e. The SMILES string of the molecule is Cc1ccncc1C(=O)C1CCCNC1. The summed E-state index contributed by atoms with van der Waals surface area (Å²) in [6, 6.07) is 1.89. The topological polar surface area (TPSA) is 42.0 Å². The van der Waals surface area contributed by atoms with E-state index in [1.807, 2.05) is 13.0 Å². The quantitative estimate of drug-likeness (QED) is 0.743. The third-order valence-corrected chi connectivity index (χ3v) is 2.97. The Labute approximate surface area is 89.9 Å². The molecule has 0 aromatic carbocycles. The summed E-state index contributed by atoms with van der Waals surface area (Å²) in [6.45, 7) is 3.81. The molecule has 1 atom stereocenters. The van der Waals surface area contributed by atoms with Crippen molar-refractivity contribution in [1.82, 2.24) is 10.3 Å². The second-order valence-electron chi connectivity index (χ2n) is 4.10. The van der Waals surface area contributed by atoms with Crippen LogP contribution in [0.1, 0.15) is 28.8 Å². The van der Waals surface area contributed by atoms with Crippen LogP contribution < -0.4 is 5.32 Å². The minimum atomic E-state index is 0.140. The maximum absolute atomic E-state index is 12.1. The molecule has 2 rings (SSSR count). The van der Waals surface area contributed by atoms with Crippen LogP contribution in [0.3, 0.4) is 0 Å². The normalized spacial score (nSPS) is 21.3. The van der Waals surface area contributed by atoms with Crippen LogP contribution in [0.4, 0.5) is 0 Å². The van der Waals surface area contributed by atoms with Gasteiger partial charge in [0.05, 0.1) is 0 Å². The molecule has 1 unspecified atom stereocenters. The van der Waals surface area contributed by atoms with Crippen LogP contribution in [0, 0.1) is 12.8 Å². The van der Waals surface area contributed by atoms with Gasteiger partial charge >= 0.3 is 0 Å². The van der Waals surface area contributed by atoms with E-state index < -0.39 is 0 Å². The first kappa shape index (κ1) is 10.3. The molecule has 3 heteroatoms. The molecule has 1 saturated heterocycles. The number of ketones is 1. The molecule has 0 amide bonds. The highest BCUT2D eigenvalue weighted by Crippen LogP contribution is 2.18. The summed E-state index contributed by atoms with van der Waals surface area (Å²) in [4.78, 5) is 16.2. The van der Waals surface area contributed by atoms with E-state index in [2.05, 4.69) is 10.3 Å². The Hall–Kier alpha value is -1.22. The summed E-state index contributed by atoms with van der Waals surface area (Å²) in [5.74, 6) is 0.384. The van der Waals surface area contributed by atoms with E-state index in [4.69, 9.17) is 0 Å². The van der Waals surface area contributed by atoms with Crippen molar-refractivity contribution < 1.29 is 4.79 Å². The monoisotopic (exact) mass is 204 g/mol. The van der Waals surface area contributed by atoms with Crippen LogP contribution in [0.15, 0.2) is 18.5 Å². The number of carbonyl (C=O) groups is 1. The number of pyridine rings is 1. The molecule has 0 aliphatic carbocycles. The maximum atomic E-state index is 12.1. The van der Waals surface area contributed by atoms with E-state index in [1.54, 1.807) is 12.4 Å². The first-order valence-electron chi connectivity index (χ1n) is 5.44. The molecular weight excluding hydrogens is 188 g/mol. The van der Waals surface area contributed by atoms with Gasteiger partial charge in [0.2, 0.25) is 0 Å². The lowest BCUT2D eigenvalue weighted by Crippen LogP contribution is -2.34. The highest BCUT2D eigenvalue weighted by atomic mass is 16.1. The van der Waals surface area contributed by atoms with Crippen LogP contribution in [-0.4, -0.2) is 23.9 Å². The summed E-state index contributed by atoms with van der Waals surface area (Å²) >= 11 is 0. The maximum Gasteiger partial charge on any atom is 0.169 e. The molecule has 0 spiro atoms. The molecule has 1 aromatic heterocycles. The van der Waals surface area contributed by atoms with Crippen molar-refractivity contribution in [3.63, 3.8) is 0 Å². The number of Topliss-reactive ketones (excluding diaryl/α,β-unsaturated/α-hetero) is 1. The average molecular weight is 204 g/mol. The largest absolute Gasteiger partial charge is 0.316 e. The van der Waals surface area contributed by atoms with Gasteiger partial charge in [0.15, 0.2) is 5.78 Å². The zero-order valence-electron chi connectivity index (χ0n) is 8.99. The number of nitrogens with zero attached hydrogens (tertiary/aromatic N) is 1. The van der Waals surface area contributed by atoms with Gasteiger partial charge < -0.3 is 5.32 Å².